The third-order valence-corrected chi connectivity index (χ3v) is 2.37. The van der Waals surface area contributed by atoms with Crippen molar-refractivity contribution in [3.05, 3.63) is 58.7 Å². The van der Waals surface area contributed by atoms with Crippen LogP contribution < -0.4 is 5.69 Å². The molecule has 2 N–H and O–H groups in total. The van der Waals surface area contributed by atoms with Gasteiger partial charge in [0.05, 0.1) is 6.54 Å². The van der Waals surface area contributed by atoms with Gasteiger partial charge in [-0.2, -0.15) is 0 Å². The molecule has 0 unspecified atom stereocenters. The van der Waals surface area contributed by atoms with E-state index in [0.29, 0.717) is 12.2 Å². The lowest BCUT2D eigenvalue weighted by atomic mass is 10.2. The molecule has 0 aliphatic heterocycles. The monoisotopic (exact) mass is 216 g/mol. The predicted molar refractivity (Wildman–Crippen MR) is 62.4 cm³/mol. The van der Waals surface area contributed by atoms with E-state index in [2.05, 4.69) is 11.6 Å². The molecular formula is C12H12N2O2. The van der Waals surface area contributed by atoms with Gasteiger partial charge < -0.3 is 10.1 Å². The molecule has 0 atom stereocenters. The summed E-state index contributed by atoms with van der Waals surface area (Å²) in [7, 11) is 0. The molecule has 0 bridgehead atoms. The number of aromatic amines is 1. The van der Waals surface area contributed by atoms with Gasteiger partial charge in [-0.15, -0.1) is 0 Å². The standard InChI is InChI=1S/C12H12N2O2/c1-2-10-11(15)14(12(16)13-10)8-9-6-4-3-5-7-9/h2-7,15H,1,8H2,(H,13,16). The van der Waals surface area contributed by atoms with Crippen molar-refractivity contribution in [1.29, 1.82) is 0 Å². The molecule has 4 heteroatoms. The van der Waals surface area contributed by atoms with E-state index in [1.165, 1.54) is 10.6 Å². The summed E-state index contributed by atoms with van der Waals surface area (Å²) in [5, 5.41) is 9.73. The molecule has 4 nitrogen and oxygen atoms in total. The van der Waals surface area contributed by atoms with Gasteiger partial charge >= 0.3 is 5.69 Å². The van der Waals surface area contributed by atoms with E-state index in [-0.39, 0.29) is 11.6 Å². The van der Waals surface area contributed by atoms with Crippen molar-refractivity contribution in [2.45, 2.75) is 6.54 Å². The highest BCUT2D eigenvalue weighted by Crippen LogP contribution is 2.14. The number of hydrogen-bond donors (Lipinski definition) is 2. The molecule has 1 aromatic carbocycles. The number of rotatable bonds is 3. The van der Waals surface area contributed by atoms with Gasteiger partial charge in [0.1, 0.15) is 5.69 Å². The van der Waals surface area contributed by atoms with Gasteiger partial charge in [0.15, 0.2) is 0 Å². The lowest BCUT2D eigenvalue weighted by Crippen LogP contribution is -2.17. The molecule has 0 spiro atoms. The lowest BCUT2D eigenvalue weighted by Gasteiger charge is -2.02. The Balaban J connectivity index is 2.39. The van der Waals surface area contributed by atoms with Crippen LogP contribution in [-0.2, 0) is 6.54 Å². The molecule has 82 valence electrons. The van der Waals surface area contributed by atoms with Crippen molar-refractivity contribution in [2.24, 2.45) is 0 Å². The second-order valence-corrected chi connectivity index (χ2v) is 3.44. The van der Waals surface area contributed by atoms with Crippen LogP contribution in [0.3, 0.4) is 0 Å². The number of nitrogens with zero attached hydrogens (tertiary/aromatic N) is 1. The van der Waals surface area contributed by atoms with Crippen molar-refractivity contribution in [1.82, 2.24) is 9.55 Å². The van der Waals surface area contributed by atoms with Crippen molar-refractivity contribution in [3.8, 4) is 5.88 Å². The van der Waals surface area contributed by atoms with E-state index >= 15 is 0 Å². The van der Waals surface area contributed by atoms with Gasteiger partial charge in [-0.25, -0.2) is 4.79 Å². The van der Waals surface area contributed by atoms with Crippen molar-refractivity contribution in [3.63, 3.8) is 0 Å². The molecule has 1 heterocycles. The highest BCUT2D eigenvalue weighted by molar-refractivity contribution is 5.47. The summed E-state index contributed by atoms with van der Waals surface area (Å²) >= 11 is 0. The number of aromatic hydroxyl groups is 1. The normalized spacial score (nSPS) is 10.2. The van der Waals surface area contributed by atoms with E-state index in [1.807, 2.05) is 30.3 Å². The number of H-pyrrole nitrogens is 1. The number of imidazole rings is 1. The molecule has 0 saturated carbocycles. The van der Waals surface area contributed by atoms with Crippen LogP contribution in [-0.4, -0.2) is 14.7 Å². The minimum atomic E-state index is -0.337. The van der Waals surface area contributed by atoms with Crippen LogP contribution in [0.1, 0.15) is 11.3 Å². The number of benzene rings is 1. The van der Waals surface area contributed by atoms with Crippen molar-refractivity contribution < 1.29 is 5.11 Å². The summed E-state index contributed by atoms with van der Waals surface area (Å²) in [6.07, 6.45) is 1.41. The number of aromatic nitrogens is 2. The Morgan fingerprint density at radius 1 is 1.38 bits per heavy atom. The predicted octanol–water partition coefficient (Wildman–Crippen LogP) is 1.57. The minimum absolute atomic E-state index is 0.0798. The van der Waals surface area contributed by atoms with E-state index in [0.717, 1.165) is 5.56 Å². The van der Waals surface area contributed by atoms with E-state index < -0.39 is 0 Å². The maximum absolute atomic E-state index is 11.5. The van der Waals surface area contributed by atoms with Gasteiger partial charge in [-0.3, -0.25) is 4.57 Å². The summed E-state index contributed by atoms with van der Waals surface area (Å²) in [6.45, 7) is 3.85. The first-order chi connectivity index (χ1) is 7.72. The smallest absolute Gasteiger partial charge is 0.329 e. The summed E-state index contributed by atoms with van der Waals surface area (Å²) in [5.74, 6) is -0.0798. The quantitative estimate of drug-likeness (QED) is 0.818. The van der Waals surface area contributed by atoms with Crippen LogP contribution >= 0.6 is 0 Å². The third kappa shape index (κ3) is 1.77. The maximum atomic E-state index is 11.5. The van der Waals surface area contributed by atoms with Crippen LogP contribution in [0.5, 0.6) is 5.88 Å². The topological polar surface area (TPSA) is 58.0 Å². The molecule has 0 radical (unpaired) electrons. The first-order valence-electron chi connectivity index (χ1n) is 4.90. The Kier molecular flexibility index (Phi) is 2.64. The van der Waals surface area contributed by atoms with Gasteiger partial charge in [0.2, 0.25) is 5.88 Å². The molecule has 16 heavy (non-hydrogen) atoms. The zero-order valence-electron chi connectivity index (χ0n) is 8.68. The lowest BCUT2D eigenvalue weighted by molar-refractivity contribution is 0.420. The fourth-order valence-corrected chi connectivity index (χ4v) is 1.54. The zero-order valence-corrected chi connectivity index (χ0v) is 8.68. The van der Waals surface area contributed by atoms with Crippen molar-refractivity contribution in [2.75, 3.05) is 0 Å². The molecule has 1 aromatic heterocycles. The first-order valence-corrected chi connectivity index (χ1v) is 4.90. The van der Waals surface area contributed by atoms with Crippen LogP contribution in [0.2, 0.25) is 0 Å². The largest absolute Gasteiger partial charge is 0.493 e. The van der Waals surface area contributed by atoms with Crippen LogP contribution in [0.4, 0.5) is 0 Å². The average Bonchev–Trinajstić information content (AvgIpc) is 2.58. The van der Waals surface area contributed by atoms with E-state index in [1.54, 1.807) is 0 Å². The molecule has 2 rings (SSSR count). The van der Waals surface area contributed by atoms with Crippen molar-refractivity contribution >= 4 is 6.08 Å². The SMILES string of the molecule is C=Cc1[nH]c(=O)n(Cc2ccccc2)c1O. The third-order valence-electron chi connectivity index (χ3n) is 2.37. The molecule has 2 aromatic rings. The van der Waals surface area contributed by atoms with Gasteiger partial charge in [0.25, 0.3) is 0 Å². The summed E-state index contributed by atoms with van der Waals surface area (Å²) < 4.78 is 1.27. The second kappa shape index (κ2) is 4.10. The van der Waals surface area contributed by atoms with Gasteiger partial charge in [-0.05, 0) is 11.6 Å². The Bertz CT molecular complexity index is 552. The number of nitrogens with one attached hydrogen (secondary N) is 1. The van der Waals surface area contributed by atoms with Crippen LogP contribution in [0, 0.1) is 0 Å². The molecule has 0 amide bonds. The molecule has 0 aliphatic rings. The first kappa shape index (κ1) is 10.3. The van der Waals surface area contributed by atoms with Gasteiger partial charge in [-0.1, -0.05) is 36.9 Å². The minimum Gasteiger partial charge on any atom is -0.493 e. The second-order valence-electron chi connectivity index (χ2n) is 3.44. The Morgan fingerprint density at radius 2 is 2.06 bits per heavy atom. The molecule has 0 fully saturated rings. The Morgan fingerprint density at radius 3 is 2.62 bits per heavy atom. The average molecular weight is 216 g/mol. The highest BCUT2D eigenvalue weighted by Gasteiger charge is 2.10. The van der Waals surface area contributed by atoms with E-state index in [4.69, 9.17) is 0 Å². The number of hydrogen-bond acceptors (Lipinski definition) is 2. The fraction of sp³-hybridized carbons (Fsp3) is 0.0833. The Labute approximate surface area is 92.5 Å². The molecular weight excluding hydrogens is 204 g/mol. The van der Waals surface area contributed by atoms with Crippen LogP contribution in [0.15, 0.2) is 41.7 Å². The maximum Gasteiger partial charge on any atom is 0.329 e. The molecule has 0 aliphatic carbocycles. The fourth-order valence-electron chi connectivity index (χ4n) is 1.54. The zero-order chi connectivity index (χ0) is 11.5. The summed E-state index contributed by atoms with van der Waals surface area (Å²) in [6, 6.07) is 9.47. The molecule has 0 saturated heterocycles. The highest BCUT2D eigenvalue weighted by atomic mass is 16.3. The summed E-state index contributed by atoms with van der Waals surface area (Å²) in [4.78, 5) is 14.0. The summed E-state index contributed by atoms with van der Waals surface area (Å²) in [5.41, 5.74) is 0.965. The van der Waals surface area contributed by atoms with E-state index in [9.17, 15) is 9.90 Å². The Hall–Kier alpha value is -2.23. The van der Waals surface area contributed by atoms with Gasteiger partial charge in [0, 0.05) is 0 Å². The van der Waals surface area contributed by atoms with Crippen LogP contribution in [0.25, 0.3) is 6.08 Å².